The van der Waals surface area contributed by atoms with E-state index in [1.54, 1.807) is 0 Å². The van der Waals surface area contributed by atoms with E-state index >= 15 is 0 Å². The Hall–Kier alpha value is -1.35. The van der Waals surface area contributed by atoms with Gasteiger partial charge in [-0.25, -0.2) is 0 Å². The van der Waals surface area contributed by atoms with E-state index in [4.69, 9.17) is 0 Å². The third-order valence-corrected chi connectivity index (χ3v) is 5.30. The summed E-state index contributed by atoms with van der Waals surface area (Å²) in [5.74, 6) is -0.414. The van der Waals surface area contributed by atoms with Gasteiger partial charge in [0.25, 0.3) is 0 Å². The van der Waals surface area contributed by atoms with E-state index in [1.807, 2.05) is 30.3 Å². The summed E-state index contributed by atoms with van der Waals surface area (Å²) in [6, 6.07) is 9.99. The van der Waals surface area contributed by atoms with E-state index in [0.29, 0.717) is 12.8 Å². The van der Waals surface area contributed by atoms with Crippen LogP contribution in [0.25, 0.3) is 0 Å². The van der Waals surface area contributed by atoms with Crippen LogP contribution in [0.5, 0.6) is 0 Å². The van der Waals surface area contributed by atoms with Crippen molar-refractivity contribution >= 4 is 33.6 Å². The van der Waals surface area contributed by atoms with Gasteiger partial charge in [-0.2, -0.15) is 0 Å². The van der Waals surface area contributed by atoms with Gasteiger partial charge in [-0.05, 0) is 17.6 Å². The van der Waals surface area contributed by atoms with Crippen LogP contribution in [0.4, 0.5) is 0 Å². The molecule has 0 unspecified atom stereocenters. The highest BCUT2D eigenvalue weighted by Gasteiger charge is 2.15. The monoisotopic (exact) mass is 293 g/mol. The zero-order valence-electron chi connectivity index (χ0n) is 11.9. The van der Waals surface area contributed by atoms with Crippen LogP contribution in [0, 0.1) is 0 Å². The fraction of sp³-hybridized carbons (Fsp3) is 0.429. The number of ether oxygens (including phenoxy) is 2. The predicted octanol–water partition coefficient (Wildman–Crippen LogP) is 1.54. The summed E-state index contributed by atoms with van der Waals surface area (Å²) >= 11 is 0. The fourth-order valence-corrected chi connectivity index (χ4v) is 3.90. The molecule has 3 radical (unpaired) electrons. The van der Waals surface area contributed by atoms with Crippen LogP contribution in [0.2, 0.25) is 0 Å². The second kappa shape index (κ2) is 10.4. The van der Waals surface area contributed by atoms with Gasteiger partial charge in [0, 0.05) is 21.3 Å². The van der Waals surface area contributed by atoms with Gasteiger partial charge in [0.15, 0.2) is 0 Å². The third kappa shape index (κ3) is 6.71. The first kappa shape index (κ1) is 18.7. The van der Waals surface area contributed by atoms with Crippen LogP contribution >= 0.6 is 7.92 Å². The van der Waals surface area contributed by atoms with Crippen molar-refractivity contribution in [2.45, 2.75) is 12.8 Å². The molecule has 0 aliphatic carbocycles. The second-order valence-electron chi connectivity index (χ2n) is 3.97. The van der Waals surface area contributed by atoms with Crippen molar-refractivity contribution in [1.82, 2.24) is 0 Å². The molecule has 107 valence electrons. The minimum atomic E-state index is -0.534. The zero-order chi connectivity index (χ0) is 14.1. The van der Waals surface area contributed by atoms with Crippen molar-refractivity contribution in [1.29, 1.82) is 0 Å². The number of rotatable bonds is 7. The molecule has 6 heteroatoms. The zero-order valence-corrected chi connectivity index (χ0v) is 12.8. The van der Waals surface area contributed by atoms with Gasteiger partial charge in [-0.1, -0.05) is 38.3 Å². The largest absolute Gasteiger partial charge is 0.469 e. The maximum absolute atomic E-state index is 11.2. The Morgan fingerprint density at radius 3 is 1.80 bits per heavy atom. The minimum Gasteiger partial charge on any atom is -0.469 e. The maximum Gasteiger partial charge on any atom is 0.305 e. The smallest absolute Gasteiger partial charge is 0.305 e. The van der Waals surface area contributed by atoms with Gasteiger partial charge < -0.3 is 9.47 Å². The van der Waals surface area contributed by atoms with E-state index in [2.05, 4.69) is 9.47 Å². The van der Waals surface area contributed by atoms with Crippen molar-refractivity contribution < 1.29 is 19.1 Å². The Kier molecular flexibility index (Phi) is 9.74. The van der Waals surface area contributed by atoms with Crippen LogP contribution < -0.4 is 5.30 Å². The Morgan fingerprint density at radius 1 is 0.950 bits per heavy atom. The first-order valence-corrected chi connectivity index (χ1v) is 7.82. The predicted molar refractivity (Wildman–Crippen MR) is 81.8 cm³/mol. The van der Waals surface area contributed by atoms with Crippen molar-refractivity contribution in [3.05, 3.63) is 30.3 Å². The summed E-state index contributed by atoms with van der Waals surface area (Å²) in [4.78, 5) is 22.5. The van der Waals surface area contributed by atoms with Crippen LogP contribution in [0.1, 0.15) is 12.8 Å². The molecule has 1 aromatic carbocycles. The van der Waals surface area contributed by atoms with Gasteiger partial charge in [-0.15, -0.1) is 0 Å². The van der Waals surface area contributed by atoms with E-state index in [0.717, 1.165) is 12.3 Å². The first-order chi connectivity index (χ1) is 9.17. The molecule has 0 saturated carbocycles. The van der Waals surface area contributed by atoms with Gasteiger partial charge in [-0.3, -0.25) is 9.59 Å². The summed E-state index contributed by atoms with van der Waals surface area (Å²) < 4.78 is 9.33. The van der Waals surface area contributed by atoms with Crippen LogP contribution in [-0.4, -0.2) is 46.9 Å². The topological polar surface area (TPSA) is 52.6 Å². The summed E-state index contributed by atoms with van der Waals surface area (Å²) in [7, 11) is 2.25. The lowest BCUT2D eigenvalue weighted by Gasteiger charge is -2.17. The molecular weight excluding hydrogens is 274 g/mol. The molecular formula is C14H19BO4P. The van der Waals surface area contributed by atoms with Gasteiger partial charge >= 0.3 is 11.9 Å². The number of benzene rings is 1. The molecule has 0 fully saturated rings. The second-order valence-corrected chi connectivity index (χ2v) is 6.47. The van der Waals surface area contributed by atoms with Gasteiger partial charge in [0.1, 0.15) is 0 Å². The standard InChI is InChI=1S/C14H19O4P.B/c1-17-13(15)8-10-19(11-9-14(16)18-2)12-6-4-3-5-7-12;/h3-7H,8-11H2,1-2H3;. The number of hydrogen-bond donors (Lipinski definition) is 0. The summed E-state index contributed by atoms with van der Waals surface area (Å²) in [6.07, 6.45) is 2.25. The third-order valence-electron chi connectivity index (χ3n) is 2.75. The molecule has 4 nitrogen and oxygen atoms in total. The van der Waals surface area contributed by atoms with Crippen molar-refractivity contribution in [2.24, 2.45) is 0 Å². The van der Waals surface area contributed by atoms with Gasteiger partial charge in [0.05, 0.1) is 14.2 Å². The molecule has 1 aromatic rings. The summed E-state index contributed by atoms with van der Waals surface area (Å²) in [6.45, 7) is 0. The molecule has 0 bridgehead atoms. The number of carbonyl (C=O) groups excluding carboxylic acids is 2. The average molecular weight is 293 g/mol. The first-order valence-electron chi connectivity index (χ1n) is 6.11. The van der Waals surface area contributed by atoms with Crippen molar-refractivity contribution in [3.8, 4) is 0 Å². The Morgan fingerprint density at radius 2 is 1.40 bits per heavy atom. The number of hydrogen-bond acceptors (Lipinski definition) is 4. The normalized spacial score (nSPS) is 9.75. The molecule has 0 atom stereocenters. The van der Waals surface area contributed by atoms with E-state index < -0.39 is 7.92 Å². The quantitative estimate of drug-likeness (QED) is 0.435. The SMILES string of the molecule is COC(=O)CCP(CCC(=O)OC)c1ccccc1.[B]. The maximum atomic E-state index is 11.2. The molecule has 0 saturated heterocycles. The molecule has 0 spiro atoms. The van der Waals surface area contributed by atoms with E-state index in [-0.39, 0.29) is 20.4 Å². The lowest BCUT2D eigenvalue weighted by Crippen LogP contribution is -2.12. The molecule has 20 heavy (non-hydrogen) atoms. The van der Waals surface area contributed by atoms with E-state index in [1.165, 1.54) is 19.5 Å². The molecule has 0 aromatic heterocycles. The Labute approximate surface area is 123 Å². The average Bonchev–Trinajstić information content (AvgIpc) is 2.47. The van der Waals surface area contributed by atoms with Crippen LogP contribution in [0.3, 0.4) is 0 Å². The van der Waals surface area contributed by atoms with E-state index in [9.17, 15) is 9.59 Å². The molecule has 0 aliphatic heterocycles. The highest BCUT2D eigenvalue weighted by molar-refractivity contribution is 7.65. The number of esters is 2. The van der Waals surface area contributed by atoms with Crippen molar-refractivity contribution in [3.63, 3.8) is 0 Å². The number of carbonyl (C=O) groups is 2. The van der Waals surface area contributed by atoms with Crippen LogP contribution in [0.15, 0.2) is 30.3 Å². The number of methoxy groups -OCH3 is 2. The highest BCUT2D eigenvalue weighted by atomic mass is 31.1. The van der Waals surface area contributed by atoms with Crippen molar-refractivity contribution in [2.75, 3.05) is 26.5 Å². The lowest BCUT2D eigenvalue weighted by atomic mass is 10.4. The molecule has 0 aliphatic rings. The Balaban J connectivity index is 0.00000361. The fourth-order valence-electron chi connectivity index (χ4n) is 1.67. The highest BCUT2D eigenvalue weighted by Crippen LogP contribution is 2.36. The summed E-state index contributed by atoms with van der Waals surface area (Å²) in [5, 5.41) is 1.20. The Bertz CT molecular complexity index is 391. The molecule has 0 N–H and O–H groups in total. The van der Waals surface area contributed by atoms with Crippen LogP contribution in [-0.2, 0) is 19.1 Å². The molecule has 1 rings (SSSR count). The molecule has 0 amide bonds. The minimum absolute atomic E-state index is 0. The molecule has 0 heterocycles. The van der Waals surface area contributed by atoms with Gasteiger partial charge in [0.2, 0.25) is 0 Å². The lowest BCUT2D eigenvalue weighted by molar-refractivity contribution is -0.140. The summed E-state index contributed by atoms with van der Waals surface area (Å²) in [5.41, 5.74) is 0.